The van der Waals surface area contributed by atoms with Crippen LogP contribution in [-0.2, 0) is 30.4 Å². The summed E-state index contributed by atoms with van der Waals surface area (Å²) in [6.45, 7) is 0. The molecule has 9 N–H and O–H groups in total. The SMILES string of the molecule is N=C(O)Nc1ccc2c(O)c(N=Nc3cc(N=c4nc(Cl)[nH]c(=Nc5ccccc5S(=O)(=O)O)[nH]4)ccc3S(=O)(=O)O)c(S(=O)(=O)O)cc2c1. The molecule has 0 unspecified atom stereocenters. The minimum atomic E-state index is -5.11. The molecule has 0 aliphatic heterocycles. The zero-order chi connectivity index (χ0) is 36.6. The summed E-state index contributed by atoms with van der Waals surface area (Å²) in [5.41, 5.74) is -2.13. The van der Waals surface area contributed by atoms with Crippen LogP contribution in [0, 0.1) is 5.41 Å². The Hall–Kier alpha value is -5.56. The number of phenols is 1. The number of hydrogen-bond donors (Lipinski definition) is 9. The molecule has 0 atom stereocenters. The molecule has 260 valence electrons. The molecule has 1 aromatic heterocycles. The lowest BCUT2D eigenvalue weighted by Crippen LogP contribution is -2.26. The van der Waals surface area contributed by atoms with Gasteiger partial charge in [0.15, 0.2) is 5.75 Å². The van der Waals surface area contributed by atoms with Gasteiger partial charge in [-0.25, -0.2) is 9.98 Å². The van der Waals surface area contributed by atoms with Crippen LogP contribution in [0.15, 0.2) is 102 Å². The zero-order valence-electron chi connectivity index (χ0n) is 24.4. The maximum atomic E-state index is 12.3. The monoisotopic (exact) mass is 765 g/mol. The van der Waals surface area contributed by atoms with Crippen molar-refractivity contribution in [3.63, 3.8) is 0 Å². The normalized spacial score (nSPS) is 13.3. The molecule has 0 fully saturated rings. The Morgan fingerprint density at radius 2 is 1.44 bits per heavy atom. The minimum Gasteiger partial charge on any atom is -0.505 e. The standard InChI is InChI=1S/C26H20ClN9O11S3/c27-23-32-25(34-26(33-23)31-16-3-1-2-4-18(16)48(39,40)41)30-14-6-8-19(49(42,43)44)17(11-14)35-36-21-20(50(45,46)47)10-12-9-13(29-24(28)38)5-7-15(12)22(21)37/h1-11,37H,(H3,28,29,38)(H,39,40,41)(H,42,43,44)(H,45,46,47)(H2,30,31,32,33,34). The van der Waals surface area contributed by atoms with Gasteiger partial charge in [-0.15, -0.1) is 10.2 Å². The average molecular weight is 766 g/mol. The molecule has 0 aliphatic rings. The number of para-hydroxylation sites is 1. The average Bonchev–Trinajstić information content (AvgIpc) is 2.98. The molecule has 20 nitrogen and oxygen atoms in total. The zero-order valence-corrected chi connectivity index (χ0v) is 27.6. The minimum absolute atomic E-state index is 0.00911. The van der Waals surface area contributed by atoms with E-state index in [9.17, 15) is 49.1 Å². The molecule has 5 rings (SSSR count). The van der Waals surface area contributed by atoms with E-state index in [0.29, 0.717) is 0 Å². The summed E-state index contributed by atoms with van der Waals surface area (Å²) >= 11 is 6.05. The number of amidine groups is 1. The van der Waals surface area contributed by atoms with E-state index < -0.39 is 68.2 Å². The first-order chi connectivity index (χ1) is 23.3. The number of aliphatic hydroxyl groups is 1. The second kappa shape index (κ2) is 13.4. The van der Waals surface area contributed by atoms with Crippen molar-refractivity contribution in [2.45, 2.75) is 14.7 Å². The molecule has 0 spiro atoms. The fourth-order valence-electron chi connectivity index (χ4n) is 4.34. The van der Waals surface area contributed by atoms with Gasteiger partial charge in [0.05, 0.1) is 11.4 Å². The maximum Gasteiger partial charge on any atom is 0.296 e. The van der Waals surface area contributed by atoms with Crippen LogP contribution in [0.1, 0.15) is 0 Å². The van der Waals surface area contributed by atoms with Crippen molar-refractivity contribution in [2.75, 3.05) is 5.32 Å². The first kappa shape index (κ1) is 35.7. The van der Waals surface area contributed by atoms with Crippen LogP contribution in [-0.4, -0.2) is 70.1 Å². The molecule has 24 heteroatoms. The third kappa shape index (κ3) is 8.17. The fraction of sp³-hybridized carbons (Fsp3) is 0. The van der Waals surface area contributed by atoms with E-state index in [2.05, 4.69) is 40.5 Å². The summed E-state index contributed by atoms with van der Waals surface area (Å²) in [5.74, 6) is -0.820. The number of phenolic OH excluding ortho intramolecular Hbond substituents is 1. The number of anilines is 1. The topological polar surface area (TPSA) is 333 Å². The summed E-state index contributed by atoms with van der Waals surface area (Å²) in [4.78, 5) is 15.0. The van der Waals surface area contributed by atoms with Gasteiger partial charge in [-0.1, -0.05) is 12.1 Å². The van der Waals surface area contributed by atoms with Crippen molar-refractivity contribution in [2.24, 2.45) is 20.2 Å². The second-order valence-electron chi connectivity index (χ2n) is 9.77. The highest BCUT2D eigenvalue weighted by Gasteiger charge is 2.23. The van der Waals surface area contributed by atoms with Gasteiger partial charge in [0, 0.05) is 11.1 Å². The highest BCUT2D eigenvalue weighted by atomic mass is 35.5. The molecule has 1 heterocycles. The van der Waals surface area contributed by atoms with E-state index in [-0.39, 0.29) is 44.4 Å². The smallest absolute Gasteiger partial charge is 0.296 e. The van der Waals surface area contributed by atoms with Crippen LogP contribution < -0.4 is 16.6 Å². The van der Waals surface area contributed by atoms with Crippen LogP contribution in [0.25, 0.3) is 10.8 Å². The van der Waals surface area contributed by atoms with Crippen molar-refractivity contribution in [1.82, 2.24) is 15.0 Å². The third-order valence-corrected chi connectivity index (χ3v) is 9.18. The van der Waals surface area contributed by atoms with Gasteiger partial charge < -0.3 is 20.5 Å². The van der Waals surface area contributed by atoms with E-state index in [1.807, 2.05) is 0 Å². The molecule has 0 aliphatic carbocycles. The number of fused-ring (bicyclic) bond motifs is 1. The highest BCUT2D eigenvalue weighted by molar-refractivity contribution is 7.86. The van der Waals surface area contributed by atoms with Gasteiger partial charge in [0.25, 0.3) is 36.4 Å². The van der Waals surface area contributed by atoms with Crippen LogP contribution >= 0.6 is 11.6 Å². The number of hydrogen-bond acceptors (Lipinski definition) is 13. The van der Waals surface area contributed by atoms with Gasteiger partial charge >= 0.3 is 0 Å². The van der Waals surface area contributed by atoms with E-state index in [0.717, 1.165) is 30.3 Å². The number of aromatic nitrogens is 3. The first-order valence-corrected chi connectivity index (χ1v) is 17.9. The second-order valence-corrected chi connectivity index (χ2v) is 14.3. The number of aliphatic hydroxyl groups excluding tert-OH is 1. The quantitative estimate of drug-likeness (QED) is 0.0470. The van der Waals surface area contributed by atoms with Gasteiger partial charge in [-0.2, -0.15) is 30.2 Å². The maximum absolute atomic E-state index is 12.3. The number of halogens is 1. The van der Waals surface area contributed by atoms with E-state index in [4.69, 9.17) is 17.0 Å². The lowest BCUT2D eigenvalue weighted by Gasteiger charge is -2.11. The number of aromatic hydroxyl groups is 1. The molecule has 0 radical (unpaired) electrons. The number of benzene rings is 4. The first-order valence-electron chi connectivity index (χ1n) is 13.2. The van der Waals surface area contributed by atoms with Gasteiger partial charge in [-0.3, -0.25) is 24.1 Å². The number of aromatic amines is 2. The van der Waals surface area contributed by atoms with Crippen molar-refractivity contribution in [1.29, 1.82) is 5.41 Å². The molecule has 0 bridgehead atoms. The highest BCUT2D eigenvalue weighted by Crippen LogP contribution is 2.42. The summed E-state index contributed by atoms with van der Waals surface area (Å²) in [7, 11) is -14.8. The lowest BCUT2D eigenvalue weighted by atomic mass is 10.1. The molecule has 5 aromatic rings. The Bertz CT molecular complexity index is 2730. The number of nitrogens with one attached hydrogen (secondary N) is 4. The van der Waals surface area contributed by atoms with Gasteiger partial charge in [0.1, 0.15) is 26.1 Å². The van der Waals surface area contributed by atoms with Crippen LogP contribution in [0.4, 0.5) is 28.4 Å². The summed E-state index contributed by atoms with van der Waals surface area (Å²) in [6, 6.07) is 11.9. The predicted octanol–water partition coefficient (Wildman–Crippen LogP) is 3.77. The molecule has 0 saturated carbocycles. The van der Waals surface area contributed by atoms with Gasteiger partial charge in [-0.05, 0) is 71.6 Å². The number of H-pyrrole nitrogens is 2. The Labute approximate surface area is 285 Å². The fourth-order valence-corrected chi connectivity index (χ4v) is 6.40. The van der Waals surface area contributed by atoms with Gasteiger partial charge in [0.2, 0.25) is 16.5 Å². The molecule has 0 amide bonds. The Kier molecular flexibility index (Phi) is 9.57. The van der Waals surface area contributed by atoms with Crippen molar-refractivity contribution >= 4 is 87.2 Å². The summed E-state index contributed by atoms with van der Waals surface area (Å²) in [6.07, 6.45) is 0. The van der Waals surface area contributed by atoms with E-state index in [1.165, 1.54) is 36.4 Å². The van der Waals surface area contributed by atoms with Crippen LogP contribution in [0.2, 0.25) is 5.28 Å². The van der Waals surface area contributed by atoms with Crippen LogP contribution in [0.5, 0.6) is 5.75 Å². The van der Waals surface area contributed by atoms with Crippen LogP contribution in [0.3, 0.4) is 0 Å². The molecular formula is C26H20ClN9O11S3. The Balaban J connectivity index is 1.65. The van der Waals surface area contributed by atoms with Crippen molar-refractivity contribution < 1.29 is 49.1 Å². The molecular weight excluding hydrogens is 746 g/mol. The molecule has 4 aromatic carbocycles. The number of rotatable bonds is 8. The van der Waals surface area contributed by atoms with E-state index in [1.54, 1.807) is 0 Å². The number of azo groups is 1. The molecule has 50 heavy (non-hydrogen) atoms. The number of nitrogens with zero attached hydrogens (tertiary/aromatic N) is 5. The Morgan fingerprint density at radius 3 is 2.10 bits per heavy atom. The lowest BCUT2D eigenvalue weighted by molar-refractivity contribution is 0.472. The van der Waals surface area contributed by atoms with Crippen molar-refractivity contribution in [3.8, 4) is 5.75 Å². The largest absolute Gasteiger partial charge is 0.505 e. The third-order valence-electron chi connectivity index (χ3n) is 6.34. The summed E-state index contributed by atoms with van der Waals surface area (Å²) < 4.78 is 102. The van der Waals surface area contributed by atoms with E-state index >= 15 is 0 Å². The Morgan fingerprint density at radius 1 is 0.780 bits per heavy atom. The van der Waals surface area contributed by atoms with Crippen molar-refractivity contribution in [3.05, 3.63) is 83.2 Å². The predicted molar refractivity (Wildman–Crippen MR) is 174 cm³/mol. The molecule has 0 saturated heterocycles. The summed E-state index contributed by atoms with van der Waals surface area (Å²) in [5, 5.41) is 36.6.